The first-order valence-corrected chi connectivity index (χ1v) is 9.10. The van der Waals surface area contributed by atoms with Crippen molar-refractivity contribution in [1.29, 1.82) is 0 Å². The van der Waals surface area contributed by atoms with Gasteiger partial charge < -0.3 is 20.3 Å². The third-order valence-electron chi connectivity index (χ3n) is 4.46. The van der Waals surface area contributed by atoms with Crippen LogP contribution in [0.1, 0.15) is 12.8 Å². The number of rotatable bonds is 8. The van der Waals surface area contributed by atoms with Crippen LogP contribution in [0.4, 0.5) is 5.82 Å². The molecule has 0 bridgehead atoms. The average Bonchev–Trinajstić information content (AvgIpc) is 3.23. The van der Waals surface area contributed by atoms with Crippen molar-refractivity contribution >= 4 is 11.7 Å². The lowest BCUT2D eigenvalue weighted by Gasteiger charge is -2.15. The summed E-state index contributed by atoms with van der Waals surface area (Å²) in [5.41, 5.74) is 1.91. The molecule has 1 aliphatic heterocycles. The zero-order chi connectivity index (χ0) is 18.2. The molecule has 0 saturated carbocycles. The van der Waals surface area contributed by atoms with Crippen LogP contribution in [0.15, 0.2) is 42.5 Å². The Bertz CT molecular complexity index is 729. The molecule has 2 N–H and O–H groups in total. The van der Waals surface area contributed by atoms with Gasteiger partial charge in [-0.15, -0.1) is 0 Å². The number of carbonyl (C=O) groups excluding carboxylic acids is 1. The van der Waals surface area contributed by atoms with Crippen LogP contribution in [0.3, 0.4) is 0 Å². The van der Waals surface area contributed by atoms with Crippen molar-refractivity contribution in [2.75, 3.05) is 45.2 Å². The first-order chi connectivity index (χ1) is 12.8. The lowest BCUT2D eigenvalue weighted by molar-refractivity contribution is -0.129. The number of nitrogens with zero attached hydrogens (tertiary/aromatic N) is 2. The smallest absolute Gasteiger partial charge is 0.236 e. The van der Waals surface area contributed by atoms with Gasteiger partial charge in [0.1, 0.15) is 11.6 Å². The summed E-state index contributed by atoms with van der Waals surface area (Å²) in [6.07, 6.45) is 2.26. The van der Waals surface area contributed by atoms with Crippen molar-refractivity contribution in [2.24, 2.45) is 0 Å². The van der Waals surface area contributed by atoms with E-state index in [1.807, 2.05) is 47.4 Å². The lowest BCUT2D eigenvalue weighted by atomic mass is 10.1. The molecule has 1 amide bonds. The van der Waals surface area contributed by atoms with Crippen molar-refractivity contribution in [3.63, 3.8) is 0 Å². The van der Waals surface area contributed by atoms with Gasteiger partial charge in [-0.25, -0.2) is 4.98 Å². The van der Waals surface area contributed by atoms with E-state index in [2.05, 4.69) is 15.6 Å². The van der Waals surface area contributed by atoms with Gasteiger partial charge in [0.25, 0.3) is 0 Å². The first kappa shape index (κ1) is 18.2. The molecule has 26 heavy (non-hydrogen) atoms. The molecular formula is C20H26N4O2. The Morgan fingerprint density at radius 2 is 1.96 bits per heavy atom. The van der Waals surface area contributed by atoms with E-state index >= 15 is 0 Å². The topological polar surface area (TPSA) is 66.5 Å². The summed E-state index contributed by atoms with van der Waals surface area (Å²) in [5.74, 6) is 1.83. The standard InChI is InChI=1S/C20H26N4O2/c1-26-17-7-4-6-16(14-17)18-8-5-9-19(23-18)22-11-10-21-15-20(25)24-12-2-3-13-24/h4-9,14,21H,2-3,10-13,15H2,1H3,(H,22,23). The maximum Gasteiger partial charge on any atom is 0.236 e. The summed E-state index contributed by atoms with van der Waals surface area (Å²) in [5, 5.41) is 6.49. The number of methoxy groups -OCH3 is 1. The van der Waals surface area contributed by atoms with E-state index in [1.54, 1.807) is 7.11 Å². The average molecular weight is 354 g/mol. The van der Waals surface area contributed by atoms with Crippen molar-refractivity contribution in [3.8, 4) is 17.0 Å². The fourth-order valence-corrected chi connectivity index (χ4v) is 3.03. The Hall–Kier alpha value is -2.60. The first-order valence-electron chi connectivity index (χ1n) is 9.10. The number of nitrogens with one attached hydrogen (secondary N) is 2. The maximum atomic E-state index is 12.0. The van der Waals surface area contributed by atoms with Crippen LogP contribution < -0.4 is 15.4 Å². The minimum absolute atomic E-state index is 0.195. The van der Waals surface area contributed by atoms with E-state index in [0.29, 0.717) is 19.6 Å². The predicted molar refractivity (Wildman–Crippen MR) is 103 cm³/mol. The van der Waals surface area contributed by atoms with E-state index in [9.17, 15) is 4.79 Å². The van der Waals surface area contributed by atoms with Crippen LogP contribution in [0, 0.1) is 0 Å². The Morgan fingerprint density at radius 3 is 2.77 bits per heavy atom. The molecular weight excluding hydrogens is 328 g/mol. The minimum Gasteiger partial charge on any atom is -0.497 e. The van der Waals surface area contributed by atoms with Crippen molar-refractivity contribution in [3.05, 3.63) is 42.5 Å². The Kier molecular flexibility index (Phi) is 6.44. The molecule has 1 aliphatic rings. The molecule has 0 unspecified atom stereocenters. The summed E-state index contributed by atoms with van der Waals surface area (Å²) >= 11 is 0. The number of ether oxygens (including phenoxy) is 1. The number of hydrogen-bond acceptors (Lipinski definition) is 5. The van der Waals surface area contributed by atoms with E-state index in [1.165, 1.54) is 0 Å². The zero-order valence-corrected chi connectivity index (χ0v) is 15.2. The highest BCUT2D eigenvalue weighted by Crippen LogP contribution is 2.23. The fraction of sp³-hybridized carbons (Fsp3) is 0.400. The number of pyridine rings is 1. The van der Waals surface area contributed by atoms with Crippen molar-refractivity contribution < 1.29 is 9.53 Å². The highest BCUT2D eigenvalue weighted by atomic mass is 16.5. The third-order valence-corrected chi connectivity index (χ3v) is 4.46. The van der Waals surface area contributed by atoms with Gasteiger partial charge in [-0.3, -0.25) is 4.79 Å². The largest absolute Gasteiger partial charge is 0.497 e. The van der Waals surface area contributed by atoms with Crippen LogP contribution in [0.5, 0.6) is 5.75 Å². The van der Waals surface area contributed by atoms with E-state index in [4.69, 9.17) is 4.74 Å². The quantitative estimate of drug-likeness (QED) is 0.713. The molecule has 1 fully saturated rings. The number of carbonyl (C=O) groups is 1. The van der Waals surface area contributed by atoms with E-state index < -0.39 is 0 Å². The second kappa shape index (κ2) is 9.20. The number of likely N-dealkylation sites (tertiary alicyclic amines) is 1. The molecule has 6 nitrogen and oxygen atoms in total. The van der Waals surface area contributed by atoms with E-state index in [0.717, 1.165) is 48.8 Å². The van der Waals surface area contributed by atoms with Crippen LogP contribution in [0.25, 0.3) is 11.3 Å². The van der Waals surface area contributed by atoms with Crippen LogP contribution >= 0.6 is 0 Å². The second-order valence-electron chi connectivity index (χ2n) is 6.33. The predicted octanol–water partition coefficient (Wildman–Crippen LogP) is 2.38. The zero-order valence-electron chi connectivity index (χ0n) is 15.2. The van der Waals surface area contributed by atoms with E-state index in [-0.39, 0.29) is 5.91 Å². The molecule has 6 heteroatoms. The van der Waals surface area contributed by atoms with Gasteiger partial charge in [-0.2, -0.15) is 0 Å². The summed E-state index contributed by atoms with van der Waals surface area (Å²) in [6, 6.07) is 13.8. The molecule has 3 rings (SSSR count). The Labute approximate surface area is 154 Å². The van der Waals surface area contributed by atoms with Gasteiger partial charge in [0, 0.05) is 31.7 Å². The summed E-state index contributed by atoms with van der Waals surface area (Å²) in [7, 11) is 1.66. The molecule has 0 atom stereocenters. The molecule has 1 aromatic carbocycles. The molecule has 2 aromatic rings. The molecule has 0 aliphatic carbocycles. The molecule has 2 heterocycles. The van der Waals surface area contributed by atoms with Crippen LogP contribution in [-0.4, -0.2) is 55.6 Å². The van der Waals surface area contributed by atoms with Gasteiger partial charge in [0.15, 0.2) is 0 Å². The number of benzene rings is 1. The fourth-order valence-electron chi connectivity index (χ4n) is 3.03. The maximum absolute atomic E-state index is 12.0. The molecule has 0 radical (unpaired) electrons. The Morgan fingerprint density at radius 1 is 1.15 bits per heavy atom. The summed E-state index contributed by atoms with van der Waals surface area (Å²) in [4.78, 5) is 18.5. The van der Waals surface area contributed by atoms with Gasteiger partial charge in [0.2, 0.25) is 5.91 Å². The number of aromatic nitrogens is 1. The minimum atomic E-state index is 0.195. The summed E-state index contributed by atoms with van der Waals surface area (Å²) < 4.78 is 5.27. The normalized spacial score (nSPS) is 13.7. The Balaban J connectivity index is 1.46. The third kappa shape index (κ3) is 4.95. The highest BCUT2D eigenvalue weighted by molar-refractivity contribution is 5.78. The number of anilines is 1. The molecule has 138 valence electrons. The SMILES string of the molecule is COc1cccc(-c2cccc(NCCNCC(=O)N3CCCC3)n2)c1. The molecule has 0 spiro atoms. The second-order valence-corrected chi connectivity index (χ2v) is 6.33. The monoisotopic (exact) mass is 354 g/mol. The van der Waals surface area contributed by atoms with Crippen LogP contribution in [-0.2, 0) is 4.79 Å². The number of amides is 1. The number of hydrogen-bond donors (Lipinski definition) is 2. The van der Waals surface area contributed by atoms with Gasteiger partial charge in [-0.1, -0.05) is 18.2 Å². The van der Waals surface area contributed by atoms with Gasteiger partial charge >= 0.3 is 0 Å². The summed E-state index contributed by atoms with van der Waals surface area (Å²) in [6.45, 7) is 3.63. The van der Waals surface area contributed by atoms with Crippen LogP contribution in [0.2, 0.25) is 0 Å². The lowest BCUT2D eigenvalue weighted by Crippen LogP contribution is -2.37. The van der Waals surface area contributed by atoms with Crippen molar-refractivity contribution in [1.82, 2.24) is 15.2 Å². The molecule has 1 saturated heterocycles. The van der Waals surface area contributed by atoms with Gasteiger partial charge in [-0.05, 0) is 37.1 Å². The van der Waals surface area contributed by atoms with Crippen molar-refractivity contribution in [2.45, 2.75) is 12.8 Å². The molecule has 1 aromatic heterocycles. The van der Waals surface area contributed by atoms with Gasteiger partial charge in [0.05, 0.1) is 19.3 Å². The highest BCUT2D eigenvalue weighted by Gasteiger charge is 2.16.